The number of allylic oxidation sites excluding steroid dienone is 2. The van der Waals surface area contributed by atoms with E-state index < -0.39 is 12.7 Å². The van der Waals surface area contributed by atoms with Crippen molar-refractivity contribution in [1.82, 2.24) is 15.2 Å². The normalized spacial score (nSPS) is 21.3. The molecule has 0 unspecified atom stereocenters. The molecule has 0 spiro atoms. The number of hydrogen-bond donors (Lipinski definition) is 2. The number of amides is 1. The summed E-state index contributed by atoms with van der Waals surface area (Å²) in [5, 5.41) is 2.97. The summed E-state index contributed by atoms with van der Waals surface area (Å²) in [5.41, 5.74) is 4.67. The third-order valence-corrected chi connectivity index (χ3v) is 8.06. The average molecular weight is 545 g/mol. The van der Waals surface area contributed by atoms with Gasteiger partial charge in [-0.2, -0.15) is 13.2 Å². The minimum Gasteiger partial charge on any atom is -0.369 e. The Morgan fingerprint density at radius 1 is 1.03 bits per heavy atom. The minimum atomic E-state index is -4.19. The van der Waals surface area contributed by atoms with Gasteiger partial charge in [0.15, 0.2) is 0 Å². The van der Waals surface area contributed by atoms with Gasteiger partial charge in [0.1, 0.15) is 0 Å². The van der Waals surface area contributed by atoms with Crippen molar-refractivity contribution in [2.24, 2.45) is 0 Å². The predicted molar refractivity (Wildman–Crippen MR) is 148 cm³/mol. The fraction of sp³-hybridized carbons (Fsp3) is 0.533. The summed E-state index contributed by atoms with van der Waals surface area (Å²) < 4.78 is 38.7. The molecule has 1 saturated carbocycles. The Hall–Kier alpha value is -3.07. The van der Waals surface area contributed by atoms with Crippen molar-refractivity contribution < 1.29 is 18.0 Å². The van der Waals surface area contributed by atoms with E-state index in [9.17, 15) is 22.8 Å². The molecule has 1 amide bonds. The van der Waals surface area contributed by atoms with Crippen LogP contribution < -0.4 is 15.8 Å². The average Bonchev–Trinajstić information content (AvgIpc) is 2.87. The zero-order chi connectivity index (χ0) is 28.2. The number of aromatic amines is 1. The molecule has 6 nitrogen and oxygen atoms in total. The van der Waals surface area contributed by atoms with Gasteiger partial charge in [-0.05, 0) is 95.2 Å². The van der Waals surface area contributed by atoms with Crippen LogP contribution in [-0.2, 0) is 19.4 Å². The Morgan fingerprint density at radius 3 is 2.44 bits per heavy atom. The van der Waals surface area contributed by atoms with E-state index in [1.54, 1.807) is 7.05 Å². The molecule has 2 aliphatic rings. The predicted octanol–water partition coefficient (Wildman–Crippen LogP) is 5.29. The molecule has 1 aliphatic heterocycles. The van der Waals surface area contributed by atoms with Crippen LogP contribution in [0.3, 0.4) is 0 Å². The molecule has 0 bridgehead atoms. The summed E-state index contributed by atoms with van der Waals surface area (Å²) >= 11 is 0. The molecule has 0 saturated heterocycles. The highest BCUT2D eigenvalue weighted by molar-refractivity contribution is 5.97. The van der Waals surface area contributed by atoms with Gasteiger partial charge in [-0.25, -0.2) is 0 Å². The smallest absolute Gasteiger partial charge is 0.369 e. The van der Waals surface area contributed by atoms with Gasteiger partial charge in [0.25, 0.3) is 11.5 Å². The lowest BCUT2D eigenvalue weighted by Crippen LogP contribution is -2.45. The maximum absolute atomic E-state index is 13.4. The Labute approximate surface area is 228 Å². The summed E-state index contributed by atoms with van der Waals surface area (Å²) in [7, 11) is 1.56. The first-order valence-corrected chi connectivity index (χ1v) is 13.9. The van der Waals surface area contributed by atoms with Crippen LogP contribution in [0.5, 0.6) is 0 Å². The molecule has 0 atom stereocenters. The Kier molecular flexibility index (Phi) is 9.20. The topological polar surface area (TPSA) is 68.4 Å². The SMILES string of the molecule is CCN(c1cccc2c1C/C=C/CCc1cc(C)[nH]c(=O)c1CNC2=O)C1CCC(N(C)CC(F)(F)F)CC1. The maximum Gasteiger partial charge on any atom is 0.401 e. The number of H-pyrrole nitrogens is 1. The number of halogens is 3. The number of carbonyl (C=O) groups excluding carboxylic acids is 1. The van der Waals surface area contributed by atoms with E-state index in [0.717, 1.165) is 48.3 Å². The molecule has 1 aromatic heterocycles. The summed E-state index contributed by atoms with van der Waals surface area (Å²) in [6.45, 7) is 3.94. The van der Waals surface area contributed by atoms with Crippen molar-refractivity contribution >= 4 is 11.6 Å². The molecule has 2 heterocycles. The zero-order valence-electron chi connectivity index (χ0n) is 23.0. The fourth-order valence-corrected chi connectivity index (χ4v) is 6.14. The van der Waals surface area contributed by atoms with Gasteiger partial charge in [-0.15, -0.1) is 0 Å². The van der Waals surface area contributed by atoms with Crippen LogP contribution in [0.4, 0.5) is 18.9 Å². The second kappa shape index (κ2) is 12.4. The molecule has 1 aromatic carbocycles. The van der Waals surface area contributed by atoms with Gasteiger partial charge in [-0.1, -0.05) is 18.2 Å². The second-order valence-corrected chi connectivity index (χ2v) is 10.8. The number of alkyl halides is 3. The Morgan fingerprint density at radius 2 is 1.74 bits per heavy atom. The monoisotopic (exact) mass is 544 g/mol. The lowest BCUT2D eigenvalue weighted by atomic mass is 9.88. The van der Waals surface area contributed by atoms with Crippen molar-refractivity contribution in [2.45, 2.75) is 83.6 Å². The van der Waals surface area contributed by atoms with Gasteiger partial charge >= 0.3 is 6.18 Å². The van der Waals surface area contributed by atoms with E-state index >= 15 is 0 Å². The van der Waals surface area contributed by atoms with Crippen molar-refractivity contribution in [3.8, 4) is 0 Å². The molecule has 0 radical (unpaired) electrons. The standard InChI is InChI=1S/C30H39F3N4O2/c1-4-37(23-15-13-22(14-16-23)36(3)19-30(31,32)33)27-12-8-11-25-24(27)10-7-5-6-9-21-17-20(2)35-29(39)26(21)18-34-28(25)38/h5,7-8,11-12,17,22-23H,4,6,9-10,13-16,18-19H2,1-3H3,(H,34,38)(H,35,39)/b7-5+. The number of nitrogens with one attached hydrogen (secondary N) is 2. The zero-order valence-corrected chi connectivity index (χ0v) is 23.0. The number of rotatable bonds is 5. The summed E-state index contributed by atoms with van der Waals surface area (Å²) in [6.07, 6.45) is 5.11. The largest absolute Gasteiger partial charge is 0.401 e. The number of anilines is 1. The highest BCUT2D eigenvalue weighted by atomic mass is 19.4. The first-order chi connectivity index (χ1) is 18.6. The first kappa shape index (κ1) is 28.9. The van der Waals surface area contributed by atoms with Gasteiger partial charge < -0.3 is 15.2 Å². The van der Waals surface area contributed by atoms with Gasteiger partial charge in [0, 0.05) is 47.7 Å². The van der Waals surface area contributed by atoms with Crippen molar-refractivity contribution in [2.75, 3.05) is 25.0 Å². The lowest BCUT2D eigenvalue weighted by molar-refractivity contribution is -0.148. The van der Waals surface area contributed by atoms with Crippen LogP contribution in [0.1, 0.15) is 71.8 Å². The Balaban J connectivity index is 1.57. The quantitative estimate of drug-likeness (QED) is 0.502. The molecule has 39 heavy (non-hydrogen) atoms. The molecule has 1 aliphatic carbocycles. The van der Waals surface area contributed by atoms with E-state index in [1.807, 2.05) is 31.2 Å². The van der Waals surface area contributed by atoms with Crippen LogP contribution in [0, 0.1) is 6.92 Å². The van der Waals surface area contributed by atoms with Gasteiger partial charge in [0.05, 0.1) is 6.54 Å². The van der Waals surface area contributed by atoms with E-state index in [1.165, 1.54) is 4.90 Å². The fourth-order valence-electron chi connectivity index (χ4n) is 6.14. The summed E-state index contributed by atoms with van der Waals surface area (Å²) in [4.78, 5) is 32.7. The molecule has 4 rings (SSSR count). The summed E-state index contributed by atoms with van der Waals surface area (Å²) in [5.74, 6) is -0.222. The highest BCUT2D eigenvalue weighted by Crippen LogP contribution is 2.34. The van der Waals surface area contributed by atoms with E-state index in [-0.39, 0.29) is 30.1 Å². The Bertz CT molecular complexity index is 1250. The highest BCUT2D eigenvalue weighted by Gasteiger charge is 2.35. The molecule has 2 aromatic rings. The third kappa shape index (κ3) is 7.12. The van der Waals surface area contributed by atoms with Gasteiger partial charge in [0.2, 0.25) is 0 Å². The van der Waals surface area contributed by atoms with Crippen LogP contribution in [0.2, 0.25) is 0 Å². The molecule has 1 fully saturated rings. The third-order valence-electron chi connectivity index (χ3n) is 8.06. The maximum atomic E-state index is 13.4. The summed E-state index contributed by atoms with van der Waals surface area (Å²) in [6, 6.07) is 7.84. The lowest BCUT2D eigenvalue weighted by Gasteiger charge is -2.41. The molecule has 212 valence electrons. The van der Waals surface area contributed by atoms with E-state index in [4.69, 9.17) is 0 Å². The number of aryl methyl sites for hydroxylation is 2. The number of benzene rings is 1. The molecular weight excluding hydrogens is 505 g/mol. The number of carbonyl (C=O) groups is 1. The number of hydrogen-bond acceptors (Lipinski definition) is 4. The number of aromatic nitrogens is 1. The minimum absolute atomic E-state index is 0.0820. The van der Waals surface area contributed by atoms with Gasteiger partial charge in [-0.3, -0.25) is 14.5 Å². The molecule has 9 heteroatoms. The number of fused-ring (bicyclic) bond motifs is 2. The van der Waals surface area contributed by atoms with Crippen LogP contribution in [0.15, 0.2) is 41.2 Å². The number of pyridine rings is 1. The van der Waals surface area contributed by atoms with Crippen LogP contribution >= 0.6 is 0 Å². The van der Waals surface area contributed by atoms with Crippen LogP contribution in [0.25, 0.3) is 0 Å². The molecule has 2 N–H and O–H groups in total. The van der Waals surface area contributed by atoms with Crippen molar-refractivity contribution in [3.05, 3.63) is 74.7 Å². The van der Waals surface area contributed by atoms with Crippen molar-refractivity contribution in [3.63, 3.8) is 0 Å². The van der Waals surface area contributed by atoms with E-state index in [2.05, 4.69) is 34.3 Å². The number of nitrogens with zero attached hydrogens (tertiary/aromatic N) is 2. The first-order valence-electron chi connectivity index (χ1n) is 13.9. The van der Waals surface area contributed by atoms with Crippen LogP contribution in [-0.4, -0.2) is 54.2 Å². The molecular formula is C30H39F3N4O2. The van der Waals surface area contributed by atoms with E-state index in [0.29, 0.717) is 36.8 Å². The second-order valence-electron chi connectivity index (χ2n) is 10.8. The van der Waals surface area contributed by atoms with Crippen molar-refractivity contribution in [1.29, 1.82) is 0 Å².